The molecule has 0 heterocycles. The largest absolute Gasteiger partial charge is 0.497 e. The van der Waals surface area contributed by atoms with Crippen LogP contribution in [0.1, 0.15) is 31.8 Å². The minimum Gasteiger partial charge on any atom is -0.497 e. The van der Waals surface area contributed by atoms with Crippen LogP contribution in [0.5, 0.6) is 5.75 Å². The van der Waals surface area contributed by atoms with E-state index in [1.54, 1.807) is 43.5 Å². The van der Waals surface area contributed by atoms with Gasteiger partial charge in [0.2, 0.25) is 0 Å². The highest BCUT2D eigenvalue weighted by atomic mass is 16.5. The molecule has 0 aliphatic heterocycles. The molecule has 0 fully saturated rings. The highest BCUT2D eigenvalue weighted by molar-refractivity contribution is 6.09. The normalized spacial score (nSPS) is 11.0. The summed E-state index contributed by atoms with van der Waals surface area (Å²) in [7, 11) is 1.61. The fourth-order valence-corrected chi connectivity index (χ4v) is 2.61. The van der Waals surface area contributed by atoms with Gasteiger partial charge < -0.3 is 4.74 Å². The van der Waals surface area contributed by atoms with Crippen molar-refractivity contribution in [3.8, 4) is 5.75 Å². The average molecular weight is 368 g/mol. The Morgan fingerprint density at radius 3 is 1.57 bits per heavy atom. The first-order valence-corrected chi connectivity index (χ1v) is 8.90. The molecule has 3 heteroatoms. The highest BCUT2D eigenvalue weighted by Crippen LogP contribution is 2.13. The van der Waals surface area contributed by atoms with Crippen molar-refractivity contribution in [2.45, 2.75) is 0 Å². The molecule has 0 N–H and O–H groups in total. The number of ether oxygens (including phenoxy) is 1. The summed E-state index contributed by atoms with van der Waals surface area (Å²) in [5.41, 5.74) is 2.95. The average Bonchev–Trinajstić information content (AvgIpc) is 2.77. The van der Waals surface area contributed by atoms with E-state index in [2.05, 4.69) is 0 Å². The van der Waals surface area contributed by atoms with Crippen molar-refractivity contribution in [3.63, 3.8) is 0 Å². The van der Waals surface area contributed by atoms with Gasteiger partial charge in [0, 0.05) is 11.1 Å². The van der Waals surface area contributed by atoms with Crippen molar-refractivity contribution in [1.82, 2.24) is 0 Å². The number of rotatable bonds is 7. The van der Waals surface area contributed by atoms with Crippen LogP contribution in [0.4, 0.5) is 0 Å². The molecule has 3 aromatic carbocycles. The predicted molar refractivity (Wildman–Crippen MR) is 113 cm³/mol. The van der Waals surface area contributed by atoms with Crippen LogP contribution in [0, 0.1) is 0 Å². The Kier molecular flexibility index (Phi) is 6.32. The Bertz CT molecular complexity index is 996. The Morgan fingerprint density at radius 1 is 0.643 bits per heavy atom. The van der Waals surface area contributed by atoms with Crippen LogP contribution in [-0.4, -0.2) is 18.7 Å². The summed E-state index contributed by atoms with van der Waals surface area (Å²) >= 11 is 0. The van der Waals surface area contributed by atoms with Crippen molar-refractivity contribution in [2.75, 3.05) is 7.11 Å². The quantitative estimate of drug-likeness (QED) is 0.409. The molecule has 3 rings (SSSR count). The van der Waals surface area contributed by atoms with Gasteiger partial charge in [0.1, 0.15) is 5.75 Å². The summed E-state index contributed by atoms with van der Waals surface area (Å²) in [6.07, 6.45) is 6.59. The number of benzene rings is 3. The predicted octanol–water partition coefficient (Wildman–Crippen LogP) is 5.49. The van der Waals surface area contributed by atoms with Crippen LogP contribution in [0.3, 0.4) is 0 Å². The van der Waals surface area contributed by atoms with Crippen LogP contribution >= 0.6 is 0 Å². The first kappa shape index (κ1) is 19.1. The number of hydrogen-bond acceptors (Lipinski definition) is 3. The lowest BCUT2D eigenvalue weighted by Crippen LogP contribution is -1.98. The van der Waals surface area contributed by atoms with E-state index in [-0.39, 0.29) is 11.6 Å². The lowest BCUT2D eigenvalue weighted by molar-refractivity contribution is 0.103. The minimum absolute atomic E-state index is 0.100. The third-order valence-electron chi connectivity index (χ3n) is 4.22. The number of carbonyl (C=O) groups is 2. The molecule has 3 nitrogen and oxygen atoms in total. The fourth-order valence-electron chi connectivity index (χ4n) is 2.61. The van der Waals surface area contributed by atoms with Crippen LogP contribution in [0.2, 0.25) is 0 Å². The van der Waals surface area contributed by atoms with Gasteiger partial charge in [0.25, 0.3) is 0 Å². The van der Waals surface area contributed by atoms with Gasteiger partial charge in [-0.15, -0.1) is 0 Å². The van der Waals surface area contributed by atoms with Crippen LogP contribution < -0.4 is 4.74 Å². The summed E-state index contributed by atoms with van der Waals surface area (Å²) < 4.78 is 5.11. The molecule has 0 aliphatic carbocycles. The summed E-state index contributed by atoms with van der Waals surface area (Å²) in [6, 6.07) is 23.8. The summed E-state index contributed by atoms with van der Waals surface area (Å²) in [5, 5.41) is 0. The first-order valence-electron chi connectivity index (χ1n) is 8.90. The Balaban J connectivity index is 1.64. The van der Waals surface area contributed by atoms with Gasteiger partial charge >= 0.3 is 0 Å². The zero-order chi connectivity index (χ0) is 19.8. The molecule has 0 bridgehead atoms. The highest BCUT2D eigenvalue weighted by Gasteiger charge is 2.05. The molecule has 3 aromatic rings. The van der Waals surface area contributed by atoms with E-state index in [0.717, 1.165) is 16.9 Å². The van der Waals surface area contributed by atoms with Crippen molar-refractivity contribution >= 4 is 23.7 Å². The van der Waals surface area contributed by atoms with Crippen molar-refractivity contribution in [2.24, 2.45) is 0 Å². The molecule has 0 saturated carbocycles. The first-order chi connectivity index (χ1) is 13.7. The maximum absolute atomic E-state index is 12.3. The second kappa shape index (κ2) is 9.28. The molecule has 0 unspecified atom stereocenters. The van der Waals surface area contributed by atoms with E-state index in [1.165, 1.54) is 12.2 Å². The maximum Gasteiger partial charge on any atom is 0.185 e. The minimum atomic E-state index is -0.116. The number of ketones is 2. The second-order valence-corrected chi connectivity index (χ2v) is 6.16. The van der Waals surface area contributed by atoms with Gasteiger partial charge in [0.15, 0.2) is 11.6 Å². The van der Waals surface area contributed by atoms with E-state index in [0.29, 0.717) is 11.1 Å². The Morgan fingerprint density at radius 2 is 1.11 bits per heavy atom. The summed E-state index contributed by atoms with van der Waals surface area (Å²) in [5.74, 6) is 0.552. The van der Waals surface area contributed by atoms with Gasteiger partial charge in [-0.05, 0) is 35.4 Å². The van der Waals surface area contributed by atoms with Crippen LogP contribution in [0.15, 0.2) is 91.0 Å². The van der Waals surface area contributed by atoms with E-state index < -0.39 is 0 Å². The number of hydrogen-bond donors (Lipinski definition) is 0. The molecular formula is C25H20O3. The van der Waals surface area contributed by atoms with Gasteiger partial charge in [-0.3, -0.25) is 9.59 Å². The second-order valence-electron chi connectivity index (χ2n) is 6.16. The molecular weight excluding hydrogens is 348 g/mol. The van der Waals surface area contributed by atoms with Gasteiger partial charge in [-0.2, -0.15) is 0 Å². The SMILES string of the molecule is COc1ccc(/C=C/C(=O)c2ccc(C(=O)/C=C/c3ccccc3)cc2)cc1. The Hall–Kier alpha value is -3.72. The molecule has 28 heavy (non-hydrogen) atoms. The molecule has 138 valence electrons. The van der Waals surface area contributed by atoms with Crippen molar-refractivity contribution in [3.05, 3.63) is 113 Å². The lowest BCUT2D eigenvalue weighted by Gasteiger charge is -2.00. The van der Waals surface area contributed by atoms with E-state index in [9.17, 15) is 9.59 Å². The van der Waals surface area contributed by atoms with Gasteiger partial charge in [0.05, 0.1) is 7.11 Å². The van der Waals surface area contributed by atoms with Crippen molar-refractivity contribution in [1.29, 1.82) is 0 Å². The maximum atomic E-state index is 12.3. The van der Waals surface area contributed by atoms with Gasteiger partial charge in [-0.25, -0.2) is 0 Å². The van der Waals surface area contributed by atoms with Gasteiger partial charge in [-0.1, -0.05) is 78.9 Å². The number of allylic oxidation sites excluding steroid dienone is 2. The van der Waals surface area contributed by atoms with Crippen LogP contribution in [0.25, 0.3) is 12.2 Å². The molecule has 0 atom stereocenters. The zero-order valence-electron chi connectivity index (χ0n) is 15.5. The standard InChI is InChI=1S/C25H20O3/c1-28-23-15-7-20(8-16-23)10-18-25(27)22-13-11-21(12-14-22)24(26)17-9-19-5-3-2-4-6-19/h2-18H,1H3/b17-9+,18-10+. The molecule has 0 aliphatic rings. The monoisotopic (exact) mass is 368 g/mol. The summed E-state index contributed by atoms with van der Waals surface area (Å²) in [6.45, 7) is 0. The molecule has 0 radical (unpaired) electrons. The smallest absolute Gasteiger partial charge is 0.185 e. The Labute approximate surface area is 164 Å². The molecule has 0 saturated heterocycles. The third-order valence-corrected chi connectivity index (χ3v) is 4.22. The third kappa shape index (κ3) is 5.15. The topological polar surface area (TPSA) is 43.4 Å². The number of carbonyl (C=O) groups excluding carboxylic acids is 2. The van der Waals surface area contributed by atoms with E-state index in [4.69, 9.17) is 4.74 Å². The van der Waals surface area contributed by atoms with E-state index >= 15 is 0 Å². The zero-order valence-corrected chi connectivity index (χ0v) is 15.5. The number of methoxy groups -OCH3 is 1. The summed E-state index contributed by atoms with van der Waals surface area (Å²) in [4.78, 5) is 24.6. The molecule has 0 spiro atoms. The van der Waals surface area contributed by atoms with E-state index in [1.807, 2.05) is 54.6 Å². The lowest BCUT2D eigenvalue weighted by atomic mass is 10.0. The fraction of sp³-hybridized carbons (Fsp3) is 0.0400. The molecule has 0 aromatic heterocycles. The van der Waals surface area contributed by atoms with Crippen molar-refractivity contribution < 1.29 is 14.3 Å². The van der Waals surface area contributed by atoms with Crippen LogP contribution in [-0.2, 0) is 0 Å². The molecule has 0 amide bonds.